The van der Waals surface area contributed by atoms with Gasteiger partial charge in [0.05, 0.1) is 22.0 Å². The number of fused-ring (bicyclic) bond motifs is 1. The summed E-state index contributed by atoms with van der Waals surface area (Å²) in [5.74, 6) is -0.209. The van der Waals surface area contributed by atoms with Crippen molar-refractivity contribution in [2.75, 3.05) is 0 Å². The minimum Gasteiger partial charge on any atom is -0.493 e. The lowest BCUT2D eigenvalue weighted by molar-refractivity contribution is -0.385. The van der Waals surface area contributed by atoms with Crippen molar-refractivity contribution in [2.24, 2.45) is 4.99 Å². The van der Waals surface area contributed by atoms with Gasteiger partial charge in [0, 0.05) is 29.0 Å². The lowest BCUT2D eigenvalue weighted by Crippen LogP contribution is -2.14. The number of nitro benzene ring substituents is 1. The van der Waals surface area contributed by atoms with Crippen LogP contribution in [0.25, 0.3) is 11.6 Å². The van der Waals surface area contributed by atoms with Gasteiger partial charge in [-0.1, -0.05) is 54.7 Å². The molecule has 3 aromatic rings. The van der Waals surface area contributed by atoms with Gasteiger partial charge >= 0.3 is 4.87 Å². The third kappa shape index (κ3) is 3.38. The predicted molar refractivity (Wildman–Crippen MR) is 114 cm³/mol. The molecule has 0 fully saturated rings. The number of hydrogen-bond acceptors (Lipinski definition) is 6. The Labute approximate surface area is 170 Å². The zero-order valence-electron chi connectivity index (χ0n) is 15.5. The number of aromatic hydroxyl groups is 1. The Bertz CT molecular complexity index is 1240. The van der Waals surface area contributed by atoms with Crippen molar-refractivity contribution < 1.29 is 10.0 Å². The predicted octanol–water partition coefficient (Wildman–Crippen LogP) is 4.39. The minimum absolute atomic E-state index is 0.0772. The normalized spacial score (nSPS) is 13.8. The Morgan fingerprint density at radius 1 is 1.21 bits per heavy atom. The van der Waals surface area contributed by atoms with E-state index in [0.29, 0.717) is 10.4 Å². The lowest BCUT2D eigenvalue weighted by atomic mass is 10.0. The van der Waals surface area contributed by atoms with Crippen LogP contribution in [0, 0.1) is 10.1 Å². The van der Waals surface area contributed by atoms with Crippen LogP contribution in [-0.2, 0) is 13.0 Å². The lowest BCUT2D eigenvalue weighted by Gasteiger charge is -2.05. The zero-order valence-corrected chi connectivity index (χ0v) is 16.3. The molecule has 0 aliphatic carbocycles. The van der Waals surface area contributed by atoms with Crippen molar-refractivity contribution in [2.45, 2.75) is 19.9 Å². The fourth-order valence-corrected chi connectivity index (χ4v) is 4.20. The van der Waals surface area contributed by atoms with E-state index in [1.807, 2.05) is 18.2 Å². The van der Waals surface area contributed by atoms with Crippen molar-refractivity contribution in [3.05, 3.63) is 83.8 Å². The average Bonchev–Trinajstić information content (AvgIpc) is 3.24. The van der Waals surface area contributed by atoms with Crippen LogP contribution >= 0.6 is 11.3 Å². The zero-order chi connectivity index (χ0) is 20.5. The van der Waals surface area contributed by atoms with Crippen LogP contribution in [0.1, 0.15) is 28.5 Å². The van der Waals surface area contributed by atoms with E-state index < -0.39 is 4.92 Å². The highest BCUT2D eigenvalue weighted by molar-refractivity contribution is 7.10. The second-order valence-electron chi connectivity index (χ2n) is 6.55. The Kier molecular flexibility index (Phi) is 4.85. The van der Waals surface area contributed by atoms with E-state index in [0.717, 1.165) is 44.7 Å². The quantitative estimate of drug-likeness (QED) is 0.501. The van der Waals surface area contributed by atoms with Gasteiger partial charge in [-0.15, -0.1) is 0 Å². The van der Waals surface area contributed by atoms with Gasteiger partial charge in [-0.05, 0) is 18.1 Å². The van der Waals surface area contributed by atoms with Crippen molar-refractivity contribution in [3.8, 4) is 5.88 Å². The smallest absolute Gasteiger partial charge is 0.310 e. The number of aryl methyl sites for hydroxylation is 1. The molecule has 4 rings (SSSR count). The largest absolute Gasteiger partial charge is 0.493 e. The molecule has 0 atom stereocenters. The first-order valence-electron chi connectivity index (χ1n) is 9.02. The Morgan fingerprint density at radius 2 is 1.97 bits per heavy atom. The minimum atomic E-state index is -0.496. The fraction of sp³-hybridized carbons (Fsp3) is 0.143. The summed E-state index contributed by atoms with van der Waals surface area (Å²) >= 11 is 0.895. The fourth-order valence-electron chi connectivity index (χ4n) is 3.36. The van der Waals surface area contributed by atoms with Crippen LogP contribution < -0.4 is 4.87 Å². The maximum absolute atomic E-state index is 12.5. The molecule has 0 saturated carbocycles. The Balaban J connectivity index is 1.72. The highest BCUT2D eigenvalue weighted by Crippen LogP contribution is 2.37. The molecule has 1 aromatic heterocycles. The van der Waals surface area contributed by atoms with Crippen LogP contribution in [-0.4, -0.2) is 20.8 Å². The summed E-state index contributed by atoms with van der Waals surface area (Å²) in [6, 6.07) is 12.1. The molecule has 0 unspecified atom stereocenters. The van der Waals surface area contributed by atoms with Crippen molar-refractivity contribution in [3.63, 3.8) is 0 Å². The van der Waals surface area contributed by atoms with E-state index in [-0.39, 0.29) is 23.0 Å². The Morgan fingerprint density at radius 3 is 2.72 bits per heavy atom. The molecule has 0 saturated heterocycles. The molecular formula is C21H17N3O4S. The first kappa shape index (κ1) is 18.8. The van der Waals surface area contributed by atoms with E-state index in [2.05, 4.69) is 11.9 Å². The van der Waals surface area contributed by atoms with Gasteiger partial charge < -0.3 is 5.11 Å². The van der Waals surface area contributed by atoms with Crippen LogP contribution in [0.3, 0.4) is 0 Å². The third-order valence-electron chi connectivity index (χ3n) is 4.84. The van der Waals surface area contributed by atoms with Gasteiger partial charge in [0.25, 0.3) is 5.69 Å². The van der Waals surface area contributed by atoms with Gasteiger partial charge in [0.1, 0.15) is 0 Å². The summed E-state index contributed by atoms with van der Waals surface area (Å²) in [6.07, 6.45) is 4.31. The van der Waals surface area contributed by atoms with Crippen molar-refractivity contribution >= 4 is 40.6 Å². The highest BCUT2D eigenvalue weighted by atomic mass is 32.1. The molecule has 1 aliphatic heterocycles. The number of hydrogen-bond donors (Lipinski definition) is 1. The van der Waals surface area contributed by atoms with Gasteiger partial charge in [0.15, 0.2) is 0 Å². The number of aromatic nitrogens is 1. The van der Waals surface area contributed by atoms with Gasteiger partial charge in [-0.2, -0.15) is 0 Å². The topological polar surface area (TPSA) is 97.7 Å². The molecule has 2 aromatic carbocycles. The monoisotopic (exact) mass is 407 g/mol. The third-order valence-corrected chi connectivity index (χ3v) is 5.76. The summed E-state index contributed by atoms with van der Waals surface area (Å²) in [7, 11) is 0. The summed E-state index contributed by atoms with van der Waals surface area (Å²) in [5, 5.41) is 21.8. The van der Waals surface area contributed by atoms with Crippen LogP contribution in [0.5, 0.6) is 5.88 Å². The molecule has 2 heterocycles. The summed E-state index contributed by atoms with van der Waals surface area (Å²) in [5.41, 5.74) is 4.07. The summed E-state index contributed by atoms with van der Waals surface area (Å²) in [6.45, 7) is 1.99. The van der Waals surface area contributed by atoms with Crippen molar-refractivity contribution in [1.82, 2.24) is 4.57 Å². The van der Waals surface area contributed by atoms with E-state index in [1.54, 1.807) is 30.5 Å². The molecule has 0 radical (unpaired) electrons. The SMILES string of the molecule is CCc1cccc2c1N=C/C2=C\c1sc(=O)n(Cc2ccccc2[N+](=O)[O-])c1O. The first-order valence-corrected chi connectivity index (χ1v) is 9.84. The number of rotatable bonds is 5. The van der Waals surface area contributed by atoms with Crippen LogP contribution in [0.15, 0.2) is 52.3 Å². The number of thiazole rings is 1. The molecule has 0 bridgehead atoms. The number of nitro groups is 1. The highest BCUT2D eigenvalue weighted by Gasteiger charge is 2.20. The molecule has 0 amide bonds. The molecule has 1 N–H and O–H groups in total. The van der Waals surface area contributed by atoms with E-state index in [1.165, 1.54) is 6.07 Å². The molecule has 29 heavy (non-hydrogen) atoms. The van der Waals surface area contributed by atoms with Crippen LogP contribution in [0.4, 0.5) is 11.4 Å². The summed E-state index contributed by atoms with van der Waals surface area (Å²) < 4.78 is 1.15. The van der Waals surface area contributed by atoms with E-state index in [4.69, 9.17) is 0 Å². The Hall–Kier alpha value is -3.52. The number of nitrogens with zero attached hydrogens (tertiary/aromatic N) is 3. The van der Waals surface area contributed by atoms with Crippen LogP contribution in [0.2, 0.25) is 0 Å². The number of aliphatic imine (C=N–C) groups is 1. The second-order valence-corrected chi connectivity index (χ2v) is 7.55. The second kappa shape index (κ2) is 7.48. The number of benzene rings is 2. The number of para-hydroxylation sites is 2. The van der Waals surface area contributed by atoms with Gasteiger partial charge in [-0.3, -0.25) is 24.5 Å². The average molecular weight is 407 g/mol. The molecule has 8 heteroatoms. The van der Waals surface area contributed by atoms with Gasteiger partial charge in [0.2, 0.25) is 5.88 Å². The molecule has 146 valence electrons. The standard InChI is InChI=1S/C21H17N3O4S/c1-2-13-7-5-8-16-15(11-22-19(13)16)10-18-20(25)23(21(26)29-18)12-14-6-3-4-9-17(14)24(27)28/h3-11,25H,2,12H2,1H3/b15-10+. The van der Waals surface area contributed by atoms with Gasteiger partial charge in [-0.25, -0.2) is 0 Å². The van der Waals surface area contributed by atoms with Crippen molar-refractivity contribution in [1.29, 1.82) is 0 Å². The molecule has 0 spiro atoms. The molecule has 7 nitrogen and oxygen atoms in total. The first-order chi connectivity index (χ1) is 14.0. The maximum atomic E-state index is 12.5. The van der Waals surface area contributed by atoms with E-state index in [9.17, 15) is 20.0 Å². The molecular weight excluding hydrogens is 390 g/mol. The van der Waals surface area contributed by atoms with E-state index >= 15 is 0 Å². The summed E-state index contributed by atoms with van der Waals surface area (Å²) in [4.78, 5) is 27.7. The maximum Gasteiger partial charge on any atom is 0.310 e. The number of allylic oxidation sites excluding steroid dienone is 1. The molecule has 1 aliphatic rings.